The van der Waals surface area contributed by atoms with Crippen LogP contribution in [0, 0.1) is 0 Å². The quantitative estimate of drug-likeness (QED) is 0.666. The summed E-state index contributed by atoms with van der Waals surface area (Å²) in [6.45, 7) is 2.36. The predicted molar refractivity (Wildman–Crippen MR) is 91.8 cm³/mol. The first-order chi connectivity index (χ1) is 9.92. The summed E-state index contributed by atoms with van der Waals surface area (Å²) in [7, 11) is 0. The summed E-state index contributed by atoms with van der Waals surface area (Å²) < 4.78 is 0. The van der Waals surface area contributed by atoms with Crippen molar-refractivity contribution >= 4 is 11.8 Å². The molecule has 1 aliphatic rings. The lowest BCUT2D eigenvalue weighted by Gasteiger charge is -2.25. The van der Waals surface area contributed by atoms with E-state index in [4.69, 9.17) is 0 Å². The molecule has 1 N–H and O–H groups in total. The molecule has 0 saturated carbocycles. The molecule has 1 aromatic carbocycles. The van der Waals surface area contributed by atoms with E-state index in [0.29, 0.717) is 0 Å². The lowest BCUT2D eigenvalue weighted by molar-refractivity contribution is 0.497. The highest BCUT2D eigenvalue weighted by Gasteiger charge is 2.18. The maximum atomic E-state index is 3.68. The number of hydrogen-bond donors (Lipinski definition) is 1. The molecule has 0 spiro atoms. The van der Waals surface area contributed by atoms with Crippen LogP contribution < -0.4 is 5.32 Å². The Labute approximate surface area is 128 Å². The molecule has 2 rings (SSSR count). The number of aryl methyl sites for hydroxylation is 1. The second-order valence-electron chi connectivity index (χ2n) is 5.90. The third-order valence-corrected chi connectivity index (χ3v) is 5.03. The van der Waals surface area contributed by atoms with Crippen molar-refractivity contribution < 1.29 is 0 Å². The topological polar surface area (TPSA) is 12.0 Å². The Morgan fingerprint density at radius 1 is 1.15 bits per heavy atom. The van der Waals surface area contributed by atoms with E-state index in [1.807, 2.05) is 11.8 Å². The monoisotopic (exact) mass is 291 g/mol. The van der Waals surface area contributed by atoms with E-state index >= 15 is 0 Å². The van der Waals surface area contributed by atoms with Crippen molar-refractivity contribution in [3.8, 4) is 0 Å². The molecule has 1 unspecified atom stereocenters. The van der Waals surface area contributed by atoms with E-state index in [-0.39, 0.29) is 0 Å². The van der Waals surface area contributed by atoms with Gasteiger partial charge in [0.1, 0.15) is 0 Å². The zero-order valence-electron chi connectivity index (χ0n) is 12.9. The summed E-state index contributed by atoms with van der Waals surface area (Å²) in [6.07, 6.45) is 11.7. The molecule has 0 amide bonds. The minimum atomic E-state index is 0.747. The first-order valence-electron chi connectivity index (χ1n) is 8.19. The fourth-order valence-electron chi connectivity index (χ4n) is 3.19. The number of thioether (sulfide) groups is 1. The number of nitrogens with one attached hydrogen (secondary N) is 1. The van der Waals surface area contributed by atoms with E-state index < -0.39 is 0 Å². The van der Waals surface area contributed by atoms with Crippen molar-refractivity contribution in [2.45, 2.75) is 50.9 Å². The molecular weight excluding hydrogens is 262 g/mol. The summed E-state index contributed by atoms with van der Waals surface area (Å²) in [5.74, 6) is 2.07. The number of benzene rings is 1. The Morgan fingerprint density at radius 2 is 2.00 bits per heavy atom. The Balaban J connectivity index is 1.61. The van der Waals surface area contributed by atoms with Gasteiger partial charge < -0.3 is 5.32 Å². The molecule has 0 aromatic heterocycles. The minimum absolute atomic E-state index is 0.747. The van der Waals surface area contributed by atoms with Gasteiger partial charge in [0.05, 0.1) is 0 Å². The van der Waals surface area contributed by atoms with E-state index in [2.05, 4.69) is 35.8 Å². The minimum Gasteiger partial charge on any atom is -0.316 e. The highest BCUT2D eigenvalue weighted by Crippen LogP contribution is 2.30. The highest BCUT2D eigenvalue weighted by atomic mass is 32.2. The van der Waals surface area contributed by atoms with Gasteiger partial charge in [-0.2, -0.15) is 11.8 Å². The zero-order chi connectivity index (χ0) is 14.0. The lowest BCUT2D eigenvalue weighted by Crippen LogP contribution is -2.25. The van der Waals surface area contributed by atoms with Gasteiger partial charge in [0.2, 0.25) is 0 Å². The summed E-state index contributed by atoms with van der Waals surface area (Å²) in [5.41, 5.74) is 3.19. The van der Waals surface area contributed by atoms with Crippen LogP contribution >= 0.6 is 11.8 Å². The van der Waals surface area contributed by atoms with Gasteiger partial charge in [-0.15, -0.1) is 0 Å². The first kappa shape index (κ1) is 15.9. The average molecular weight is 292 g/mol. The zero-order valence-corrected chi connectivity index (χ0v) is 13.7. The lowest BCUT2D eigenvalue weighted by atomic mass is 9.83. The van der Waals surface area contributed by atoms with E-state index in [1.165, 1.54) is 63.8 Å². The molecule has 0 saturated heterocycles. The normalized spacial score (nSPS) is 17.9. The fraction of sp³-hybridized carbons (Fsp3) is 0.667. The Kier molecular flexibility index (Phi) is 7.53. The Bertz CT molecular complexity index is 377. The molecule has 20 heavy (non-hydrogen) atoms. The van der Waals surface area contributed by atoms with Gasteiger partial charge in [-0.1, -0.05) is 37.1 Å². The standard InChI is InChI=1S/C18H29NS/c1-20-14-7-3-2-6-13-19-15-17-11-8-10-16-9-4-5-12-18(16)17/h4-5,9,12,17,19H,2-3,6-8,10-11,13-15H2,1H3. The Morgan fingerprint density at radius 3 is 2.90 bits per heavy atom. The maximum absolute atomic E-state index is 3.68. The van der Waals surface area contributed by atoms with Gasteiger partial charge in [0.25, 0.3) is 0 Å². The smallest absolute Gasteiger partial charge is 0.00202 e. The molecule has 1 atom stereocenters. The summed E-state index contributed by atoms with van der Waals surface area (Å²) in [4.78, 5) is 0. The molecule has 1 aliphatic carbocycles. The largest absolute Gasteiger partial charge is 0.316 e. The van der Waals surface area contributed by atoms with E-state index in [0.717, 1.165) is 5.92 Å². The van der Waals surface area contributed by atoms with Gasteiger partial charge in [0.15, 0.2) is 0 Å². The molecule has 0 bridgehead atoms. The predicted octanol–water partition coefficient (Wildman–Crippen LogP) is 4.62. The van der Waals surface area contributed by atoms with Crippen molar-refractivity contribution in [3.05, 3.63) is 35.4 Å². The van der Waals surface area contributed by atoms with Crippen molar-refractivity contribution in [1.82, 2.24) is 5.32 Å². The van der Waals surface area contributed by atoms with Gasteiger partial charge in [-0.25, -0.2) is 0 Å². The van der Waals surface area contributed by atoms with Crippen molar-refractivity contribution in [2.24, 2.45) is 0 Å². The summed E-state index contributed by atoms with van der Waals surface area (Å²) in [5, 5.41) is 3.68. The van der Waals surface area contributed by atoms with Crippen LogP contribution in [0.5, 0.6) is 0 Å². The molecule has 1 aromatic rings. The van der Waals surface area contributed by atoms with Crippen LogP contribution in [-0.4, -0.2) is 25.1 Å². The van der Waals surface area contributed by atoms with Crippen molar-refractivity contribution in [3.63, 3.8) is 0 Å². The fourth-order valence-corrected chi connectivity index (χ4v) is 3.69. The summed E-state index contributed by atoms with van der Waals surface area (Å²) >= 11 is 1.97. The molecular formula is C18H29NS. The van der Waals surface area contributed by atoms with Crippen LogP contribution in [0.1, 0.15) is 55.6 Å². The van der Waals surface area contributed by atoms with Gasteiger partial charge >= 0.3 is 0 Å². The maximum Gasteiger partial charge on any atom is 0.00202 e. The van der Waals surface area contributed by atoms with Crippen LogP contribution in [0.15, 0.2) is 24.3 Å². The molecule has 0 fully saturated rings. The second kappa shape index (κ2) is 9.46. The Hall–Kier alpha value is -0.470. The van der Waals surface area contributed by atoms with Crippen molar-refractivity contribution in [1.29, 1.82) is 0 Å². The van der Waals surface area contributed by atoms with Gasteiger partial charge in [0, 0.05) is 6.54 Å². The van der Waals surface area contributed by atoms with Crippen LogP contribution in [-0.2, 0) is 6.42 Å². The molecule has 0 radical (unpaired) electrons. The SMILES string of the molecule is CSCCCCCCNCC1CCCc2ccccc21. The number of unbranched alkanes of at least 4 members (excludes halogenated alkanes) is 3. The van der Waals surface area contributed by atoms with Crippen molar-refractivity contribution in [2.75, 3.05) is 25.1 Å². The first-order valence-corrected chi connectivity index (χ1v) is 9.58. The molecule has 2 heteroatoms. The molecule has 112 valence electrons. The molecule has 0 heterocycles. The molecule has 1 nitrogen and oxygen atoms in total. The number of hydrogen-bond acceptors (Lipinski definition) is 2. The van der Waals surface area contributed by atoms with E-state index in [1.54, 1.807) is 11.1 Å². The highest BCUT2D eigenvalue weighted by molar-refractivity contribution is 7.98. The third-order valence-electron chi connectivity index (χ3n) is 4.34. The third kappa shape index (κ3) is 5.14. The van der Waals surface area contributed by atoms with E-state index in [9.17, 15) is 0 Å². The van der Waals surface area contributed by atoms with Crippen LogP contribution in [0.25, 0.3) is 0 Å². The average Bonchev–Trinajstić information content (AvgIpc) is 2.50. The molecule has 0 aliphatic heterocycles. The summed E-state index contributed by atoms with van der Waals surface area (Å²) in [6, 6.07) is 9.03. The van der Waals surface area contributed by atoms with Crippen LogP contribution in [0.4, 0.5) is 0 Å². The number of fused-ring (bicyclic) bond motifs is 1. The number of rotatable bonds is 9. The van der Waals surface area contributed by atoms with Gasteiger partial charge in [-0.05, 0) is 67.7 Å². The van der Waals surface area contributed by atoms with Crippen LogP contribution in [0.2, 0.25) is 0 Å². The van der Waals surface area contributed by atoms with Gasteiger partial charge in [-0.3, -0.25) is 0 Å². The van der Waals surface area contributed by atoms with Crippen LogP contribution in [0.3, 0.4) is 0 Å². The second-order valence-corrected chi connectivity index (χ2v) is 6.88.